The van der Waals surface area contributed by atoms with E-state index in [1.807, 2.05) is 57.3 Å². The van der Waals surface area contributed by atoms with Crippen molar-refractivity contribution in [3.05, 3.63) is 81.0 Å². The number of aromatic nitrogens is 4. The Hall–Kier alpha value is -3.12. The van der Waals surface area contributed by atoms with Gasteiger partial charge < -0.3 is 4.74 Å². The van der Waals surface area contributed by atoms with Gasteiger partial charge in [-0.2, -0.15) is 5.10 Å². The molecular formula is C21H19ClN4O2. The summed E-state index contributed by atoms with van der Waals surface area (Å²) < 4.78 is 9.19. The lowest BCUT2D eigenvalue weighted by atomic mass is 10.1. The van der Waals surface area contributed by atoms with Crippen molar-refractivity contribution in [1.82, 2.24) is 19.2 Å². The molecular weight excluding hydrogens is 376 g/mol. The Bertz CT molecular complexity index is 1210. The number of halogens is 1. The van der Waals surface area contributed by atoms with Crippen molar-refractivity contribution in [1.29, 1.82) is 0 Å². The standard InChI is InChI=1S/C21H19ClN4O2/c1-13-11-17(24-25(13)3)19-14(2)23-20-18(5-4-10-26(20)21(19)27)28-12-15-6-8-16(22)9-7-15/h4-11H,12H2,1-3H3. The van der Waals surface area contributed by atoms with Gasteiger partial charge in [0.25, 0.3) is 5.56 Å². The van der Waals surface area contributed by atoms with Crippen molar-refractivity contribution in [2.45, 2.75) is 20.5 Å². The highest BCUT2D eigenvalue weighted by atomic mass is 35.5. The Morgan fingerprint density at radius 3 is 2.57 bits per heavy atom. The summed E-state index contributed by atoms with van der Waals surface area (Å²) in [4.78, 5) is 17.8. The molecule has 3 aromatic heterocycles. The minimum atomic E-state index is -0.169. The number of hydrogen-bond acceptors (Lipinski definition) is 4. The van der Waals surface area contributed by atoms with Crippen molar-refractivity contribution in [3.8, 4) is 17.0 Å². The van der Waals surface area contributed by atoms with Gasteiger partial charge in [-0.1, -0.05) is 23.7 Å². The summed E-state index contributed by atoms with van der Waals surface area (Å²) in [5.74, 6) is 0.543. The van der Waals surface area contributed by atoms with Crippen LogP contribution in [0.1, 0.15) is 17.0 Å². The molecule has 0 aliphatic carbocycles. The van der Waals surface area contributed by atoms with E-state index >= 15 is 0 Å². The summed E-state index contributed by atoms with van der Waals surface area (Å²) in [6.07, 6.45) is 1.69. The summed E-state index contributed by atoms with van der Waals surface area (Å²) in [7, 11) is 1.85. The Morgan fingerprint density at radius 2 is 1.89 bits per heavy atom. The third kappa shape index (κ3) is 3.27. The molecule has 3 heterocycles. The summed E-state index contributed by atoms with van der Waals surface area (Å²) >= 11 is 5.92. The molecule has 0 spiro atoms. The van der Waals surface area contributed by atoms with Crippen LogP contribution >= 0.6 is 11.6 Å². The number of hydrogen-bond donors (Lipinski definition) is 0. The maximum absolute atomic E-state index is 13.1. The maximum atomic E-state index is 13.1. The molecule has 28 heavy (non-hydrogen) atoms. The lowest BCUT2D eigenvalue weighted by Crippen LogP contribution is -2.19. The van der Waals surface area contributed by atoms with Crippen LogP contribution in [0.25, 0.3) is 16.9 Å². The number of nitrogens with zero attached hydrogens (tertiary/aromatic N) is 4. The van der Waals surface area contributed by atoms with Crippen LogP contribution in [0.3, 0.4) is 0 Å². The van der Waals surface area contributed by atoms with Crippen molar-refractivity contribution in [2.24, 2.45) is 7.05 Å². The van der Waals surface area contributed by atoms with Crippen LogP contribution in [0.5, 0.6) is 5.75 Å². The van der Waals surface area contributed by atoms with Gasteiger partial charge in [0.15, 0.2) is 11.4 Å². The molecule has 0 N–H and O–H groups in total. The summed E-state index contributed by atoms with van der Waals surface area (Å²) in [6.45, 7) is 4.12. The van der Waals surface area contributed by atoms with Crippen molar-refractivity contribution >= 4 is 17.2 Å². The van der Waals surface area contributed by atoms with Gasteiger partial charge in [-0.15, -0.1) is 0 Å². The minimum Gasteiger partial charge on any atom is -0.485 e. The molecule has 0 saturated heterocycles. The zero-order chi connectivity index (χ0) is 19.8. The van der Waals surface area contributed by atoms with Gasteiger partial charge in [-0.05, 0) is 49.7 Å². The molecule has 0 unspecified atom stereocenters. The molecule has 0 aliphatic rings. The molecule has 6 nitrogen and oxygen atoms in total. The lowest BCUT2D eigenvalue weighted by Gasteiger charge is -2.11. The average molecular weight is 395 g/mol. The molecule has 0 atom stereocenters. The molecule has 1 aromatic carbocycles. The smallest absolute Gasteiger partial charge is 0.267 e. The molecule has 4 aromatic rings. The van der Waals surface area contributed by atoms with Gasteiger partial charge in [-0.25, -0.2) is 4.98 Å². The van der Waals surface area contributed by atoms with E-state index in [2.05, 4.69) is 10.1 Å². The first kappa shape index (κ1) is 18.3. The van der Waals surface area contributed by atoms with E-state index in [4.69, 9.17) is 16.3 Å². The fourth-order valence-corrected chi connectivity index (χ4v) is 3.20. The van der Waals surface area contributed by atoms with E-state index < -0.39 is 0 Å². The first-order valence-corrected chi connectivity index (χ1v) is 9.22. The van der Waals surface area contributed by atoms with Gasteiger partial charge >= 0.3 is 0 Å². The predicted octanol–water partition coefficient (Wildman–Crippen LogP) is 3.94. The van der Waals surface area contributed by atoms with Crippen molar-refractivity contribution in [2.75, 3.05) is 0 Å². The van der Waals surface area contributed by atoms with Crippen LogP contribution in [0.15, 0.2) is 53.5 Å². The molecule has 0 amide bonds. The van der Waals surface area contributed by atoms with Crippen molar-refractivity contribution < 1.29 is 4.74 Å². The van der Waals surface area contributed by atoms with Gasteiger partial charge in [0, 0.05) is 24.0 Å². The van der Waals surface area contributed by atoms with Gasteiger partial charge in [0.05, 0.1) is 17.0 Å². The van der Waals surface area contributed by atoms with Crippen LogP contribution in [-0.4, -0.2) is 19.2 Å². The Balaban J connectivity index is 1.76. The minimum absolute atomic E-state index is 0.169. The summed E-state index contributed by atoms with van der Waals surface area (Å²) in [5.41, 5.74) is 4.00. The number of benzene rings is 1. The summed E-state index contributed by atoms with van der Waals surface area (Å²) in [6, 6.07) is 12.9. The predicted molar refractivity (Wildman–Crippen MR) is 109 cm³/mol. The second kappa shape index (κ2) is 7.13. The molecule has 142 valence electrons. The lowest BCUT2D eigenvalue weighted by molar-refractivity contribution is 0.308. The van der Waals surface area contributed by atoms with Crippen LogP contribution in [0, 0.1) is 13.8 Å². The van der Waals surface area contributed by atoms with E-state index in [-0.39, 0.29) is 5.56 Å². The number of fused-ring (bicyclic) bond motifs is 1. The SMILES string of the molecule is Cc1nc2c(OCc3ccc(Cl)cc3)cccn2c(=O)c1-c1cc(C)n(C)n1. The number of rotatable bonds is 4. The Morgan fingerprint density at radius 1 is 1.14 bits per heavy atom. The first-order valence-electron chi connectivity index (χ1n) is 8.84. The molecule has 7 heteroatoms. The van der Waals surface area contributed by atoms with Crippen molar-refractivity contribution in [3.63, 3.8) is 0 Å². The topological polar surface area (TPSA) is 61.4 Å². The van der Waals surface area contributed by atoms with E-state index in [1.54, 1.807) is 16.9 Å². The largest absolute Gasteiger partial charge is 0.485 e. The normalized spacial score (nSPS) is 11.1. The second-order valence-electron chi connectivity index (χ2n) is 6.65. The third-order valence-corrected chi connectivity index (χ3v) is 4.93. The number of aryl methyl sites for hydroxylation is 3. The first-order chi connectivity index (χ1) is 13.4. The molecule has 0 fully saturated rings. The van der Waals surface area contributed by atoms with Crippen LogP contribution in [0.4, 0.5) is 0 Å². The van der Waals surface area contributed by atoms with Crippen LogP contribution < -0.4 is 10.3 Å². The van der Waals surface area contributed by atoms with E-state index in [0.29, 0.717) is 40.0 Å². The van der Waals surface area contributed by atoms with E-state index in [9.17, 15) is 4.79 Å². The average Bonchev–Trinajstić information content (AvgIpc) is 2.99. The second-order valence-corrected chi connectivity index (χ2v) is 7.09. The molecule has 0 aliphatic heterocycles. The highest BCUT2D eigenvalue weighted by Gasteiger charge is 2.17. The van der Waals surface area contributed by atoms with E-state index in [1.165, 1.54) is 4.40 Å². The fourth-order valence-electron chi connectivity index (χ4n) is 3.08. The monoisotopic (exact) mass is 394 g/mol. The Labute approximate surface area is 167 Å². The Kier molecular flexibility index (Phi) is 4.65. The molecule has 0 saturated carbocycles. The molecule has 0 bridgehead atoms. The third-order valence-electron chi connectivity index (χ3n) is 4.68. The quantitative estimate of drug-likeness (QED) is 0.526. The van der Waals surface area contributed by atoms with E-state index in [0.717, 1.165) is 11.3 Å². The maximum Gasteiger partial charge on any atom is 0.267 e. The van der Waals surface area contributed by atoms with Gasteiger partial charge in [-0.3, -0.25) is 13.9 Å². The van der Waals surface area contributed by atoms with Crippen LogP contribution in [0.2, 0.25) is 5.02 Å². The highest BCUT2D eigenvalue weighted by Crippen LogP contribution is 2.23. The van der Waals surface area contributed by atoms with Gasteiger partial charge in [0.1, 0.15) is 6.61 Å². The molecule has 4 rings (SSSR count). The zero-order valence-electron chi connectivity index (χ0n) is 15.8. The summed E-state index contributed by atoms with van der Waals surface area (Å²) in [5, 5.41) is 5.11. The van der Waals surface area contributed by atoms with Crippen LogP contribution in [-0.2, 0) is 13.7 Å². The zero-order valence-corrected chi connectivity index (χ0v) is 16.6. The molecule has 0 radical (unpaired) electrons. The fraction of sp³-hybridized carbons (Fsp3) is 0.190. The number of pyridine rings is 1. The highest BCUT2D eigenvalue weighted by molar-refractivity contribution is 6.30. The number of ether oxygens (including phenoxy) is 1. The van der Waals surface area contributed by atoms with Gasteiger partial charge in [0.2, 0.25) is 0 Å².